The number of rotatable bonds is 2. The van der Waals surface area contributed by atoms with E-state index in [1.165, 1.54) is 0 Å². The average Bonchev–Trinajstić information content (AvgIpc) is 2.58. The third-order valence-electron chi connectivity index (χ3n) is 3.17. The molecule has 1 unspecified atom stereocenters. The third kappa shape index (κ3) is 1.56. The quantitative estimate of drug-likeness (QED) is 0.829. The van der Waals surface area contributed by atoms with E-state index in [9.17, 15) is 9.90 Å². The lowest BCUT2D eigenvalue weighted by molar-refractivity contribution is -0.138. The van der Waals surface area contributed by atoms with Crippen LogP contribution in [-0.4, -0.2) is 23.2 Å². The predicted octanol–water partition coefficient (Wildman–Crippen LogP) is 2.22. The van der Waals surface area contributed by atoms with Crippen LogP contribution < -0.4 is 4.90 Å². The Hall–Kier alpha value is -1.51. The Bertz CT molecular complexity index is 426. The van der Waals surface area contributed by atoms with Gasteiger partial charge in [-0.2, -0.15) is 0 Å². The molecule has 1 aliphatic heterocycles. The van der Waals surface area contributed by atoms with Crippen LogP contribution in [0.2, 0.25) is 0 Å². The monoisotopic (exact) mass is 219 g/mol. The minimum atomic E-state index is -0.732. The van der Waals surface area contributed by atoms with Crippen LogP contribution in [0, 0.1) is 6.92 Å². The van der Waals surface area contributed by atoms with Gasteiger partial charge in [0.25, 0.3) is 0 Å². The molecule has 0 aliphatic carbocycles. The smallest absolute Gasteiger partial charge is 0.326 e. The minimum Gasteiger partial charge on any atom is -0.480 e. The van der Waals surface area contributed by atoms with Gasteiger partial charge in [0.1, 0.15) is 6.04 Å². The van der Waals surface area contributed by atoms with Crippen LogP contribution in [0.15, 0.2) is 18.2 Å². The van der Waals surface area contributed by atoms with Gasteiger partial charge in [0, 0.05) is 18.2 Å². The van der Waals surface area contributed by atoms with Gasteiger partial charge in [-0.15, -0.1) is 0 Å². The summed E-state index contributed by atoms with van der Waals surface area (Å²) < 4.78 is 0. The fourth-order valence-electron chi connectivity index (χ4n) is 2.54. The van der Waals surface area contributed by atoms with Crippen molar-refractivity contribution in [3.05, 3.63) is 29.3 Å². The normalized spacial score (nSPS) is 19.0. The number of para-hydroxylation sites is 1. The largest absolute Gasteiger partial charge is 0.480 e. The van der Waals surface area contributed by atoms with E-state index in [4.69, 9.17) is 0 Å². The van der Waals surface area contributed by atoms with Crippen LogP contribution >= 0.6 is 0 Å². The first-order valence-corrected chi connectivity index (χ1v) is 5.62. The Balaban J connectivity index is 2.50. The number of hydrogen-bond acceptors (Lipinski definition) is 2. The van der Waals surface area contributed by atoms with Crippen LogP contribution in [0.1, 0.15) is 25.0 Å². The molecule has 2 rings (SSSR count). The molecule has 0 fully saturated rings. The molecule has 86 valence electrons. The Morgan fingerprint density at radius 1 is 1.50 bits per heavy atom. The first-order valence-electron chi connectivity index (χ1n) is 5.62. The standard InChI is InChI=1S/C13H17NO2/c1-8(2)14-11(13(15)16)7-10-6-4-5-9(3)12(10)14/h4-6,8,11H,7H2,1-3H3,(H,15,16). The maximum atomic E-state index is 11.3. The van der Waals surface area contributed by atoms with Crippen molar-refractivity contribution < 1.29 is 9.90 Å². The van der Waals surface area contributed by atoms with Crippen LogP contribution in [0.25, 0.3) is 0 Å². The minimum absolute atomic E-state index is 0.212. The van der Waals surface area contributed by atoms with E-state index < -0.39 is 12.0 Å². The molecule has 1 N–H and O–H groups in total. The lowest BCUT2D eigenvalue weighted by Crippen LogP contribution is -2.43. The molecule has 0 aromatic heterocycles. The SMILES string of the molecule is Cc1cccc2c1N(C(C)C)C(C(=O)O)C2. The summed E-state index contributed by atoms with van der Waals surface area (Å²) in [5.41, 5.74) is 3.43. The number of benzene rings is 1. The summed E-state index contributed by atoms with van der Waals surface area (Å²) in [7, 11) is 0. The second-order valence-corrected chi connectivity index (χ2v) is 4.64. The maximum absolute atomic E-state index is 11.3. The fraction of sp³-hybridized carbons (Fsp3) is 0.462. The summed E-state index contributed by atoms with van der Waals surface area (Å²) in [5.74, 6) is -0.732. The molecule has 0 radical (unpaired) electrons. The number of hydrogen-bond donors (Lipinski definition) is 1. The molecule has 0 saturated heterocycles. The van der Waals surface area contributed by atoms with Crippen molar-refractivity contribution in [1.29, 1.82) is 0 Å². The highest BCUT2D eigenvalue weighted by Crippen LogP contribution is 2.36. The van der Waals surface area contributed by atoms with Gasteiger partial charge in [0.05, 0.1) is 0 Å². The zero-order chi connectivity index (χ0) is 11.9. The van der Waals surface area contributed by atoms with Crippen molar-refractivity contribution in [2.24, 2.45) is 0 Å². The van der Waals surface area contributed by atoms with Crippen LogP contribution in [0.3, 0.4) is 0 Å². The predicted molar refractivity (Wildman–Crippen MR) is 63.9 cm³/mol. The summed E-state index contributed by atoms with van der Waals surface area (Å²) >= 11 is 0. The van der Waals surface area contributed by atoms with Crippen LogP contribution in [0.5, 0.6) is 0 Å². The molecule has 1 atom stereocenters. The Kier molecular flexibility index (Phi) is 2.62. The Morgan fingerprint density at radius 2 is 2.19 bits per heavy atom. The molecule has 3 nitrogen and oxygen atoms in total. The highest BCUT2D eigenvalue weighted by atomic mass is 16.4. The summed E-state index contributed by atoms with van der Waals surface area (Å²) in [6.45, 7) is 6.12. The average molecular weight is 219 g/mol. The van der Waals surface area contributed by atoms with Crippen molar-refractivity contribution in [2.75, 3.05) is 4.90 Å². The topological polar surface area (TPSA) is 40.5 Å². The first kappa shape index (κ1) is 11.0. The Morgan fingerprint density at radius 3 is 2.75 bits per heavy atom. The second kappa shape index (κ2) is 3.81. The number of aryl methyl sites for hydroxylation is 1. The molecule has 0 bridgehead atoms. The lowest BCUT2D eigenvalue weighted by atomic mass is 10.1. The molecular weight excluding hydrogens is 202 g/mol. The van der Waals surface area contributed by atoms with E-state index in [0.29, 0.717) is 6.42 Å². The van der Waals surface area contributed by atoms with Gasteiger partial charge >= 0.3 is 5.97 Å². The number of anilines is 1. The molecule has 0 saturated carbocycles. The van der Waals surface area contributed by atoms with Gasteiger partial charge in [-0.1, -0.05) is 18.2 Å². The molecule has 16 heavy (non-hydrogen) atoms. The van der Waals surface area contributed by atoms with Crippen molar-refractivity contribution in [2.45, 2.75) is 39.3 Å². The maximum Gasteiger partial charge on any atom is 0.326 e. The number of carbonyl (C=O) groups is 1. The first-order chi connectivity index (χ1) is 7.52. The summed E-state index contributed by atoms with van der Waals surface area (Å²) in [5, 5.41) is 9.25. The van der Waals surface area contributed by atoms with Gasteiger partial charge < -0.3 is 10.0 Å². The lowest BCUT2D eigenvalue weighted by Gasteiger charge is -2.30. The van der Waals surface area contributed by atoms with Gasteiger partial charge in [-0.25, -0.2) is 4.79 Å². The highest BCUT2D eigenvalue weighted by molar-refractivity contribution is 5.83. The number of aliphatic carboxylic acids is 1. The van der Waals surface area contributed by atoms with E-state index in [1.807, 2.05) is 43.9 Å². The molecule has 0 amide bonds. The van der Waals surface area contributed by atoms with Crippen molar-refractivity contribution in [3.63, 3.8) is 0 Å². The number of carboxylic acids is 1. The van der Waals surface area contributed by atoms with Gasteiger partial charge in [-0.3, -0.25) is 0 Å². The molecular formula is C13H17NO2. The van der Waals surface area contributed by atoms with Gasteiger partial charge in [0.2, 0.25) is 0 Å². The van der Waals surface area contributed by atoms with E-state index in [-0.39, 0.29) is 6.04 Å². The number of fused-ring (bicyclic) bond motifs is 1. The van der Waals surface area contributed by atoms with Gasteiger partial charge in [0.15, 0.2) is 0 Å². The fourth-order valence-corrected chi connectivity index (χ4v) is 2.54. The summed E-state index contributed by atoms with van der Waals surface area (Å²) in [6, 6.07) is 5.87. The summed E-state index contributed by atoms with van der Waals surface area (Å²) in [6.07, 6.45) is 0.616. The van der Waals surface area contributed by atoms with E-state index in [1.54, 1.807) is 0 Å². The molecule has 3 heteroatoms. The Labute approximate surface area is 95.7 Å². The highest BCUT2D eigenvalue weighted by Gasteiger charge is 2.36. The second-order valence-electron chi connectivity index (χ2n) is 4.64. The van der Waals surface area contributed by atoms with E-state index in [2.05, 4.69) is 0 Å². The van der Waals surface area contributed by atoms with Gasteiger partial charge in [-0.05, 0) is 31.9 Å². The van der Waals surface area contributed by atoms with E-state index >= 15 is 0 Å². The van der Waals surface area contributed by atoms with Crippen molar-refractivity contribution in [1.82, 2.24) is 0 Å². The van der Waals surface area contributed by atoms with Crippen LogP contribution in [0.4, 0.5) is 5.69 Å². The summed E-state index contributed by atoms with van der Waals surface area (Å²) in [4.78, 5) is 13.3. The number of nitrogens with zero attached hydrogens (tertiary/aromatic N) is 1. The van der Waals surface area contributed by atoms with Crippen molar-refractivity contribution in [3.8, 4) is 0 Å². The number of carboxylic acid groups (broad SMARTS) is 1. The zero-order valence-electron chi connectivity index (χ0n) is 9.90. The third-order valence-corrected chi connectivity index (χ3v) is 3.17. The van der Waals surface area contributed by atoms with Crippen molar-refractivity contribution >= 4 is 11.7 Å². The molecule has 1 aliphatic rings. The molecule has 0 spiro atoms. The van der Waals surface area contributed by atoms with E-state index in [0.717, 1.165) is 16.8 Å². The molecule has 1 aromatic rings. The zero-order valence-corrected chi connectivity index (χ0v) is 9.90. The molecule has 1 heterocycles. The molecule has 1 aromatic carbocycles. The van der Waals surface area contributed by atoms with Crippen LogP contribution in [-0.2, 0) is 11.2 Å².